The Bertz CT molecular complexity index is 2010. The van der Waals surface area contributed by atoms with E-state index in [-0.39, 0.29) is 0 Å². The first kappa shape index (κ1) is 26.8. The van der Waals surface area contributed by atoms with Gasteiger partial charge in [-0.3, -0.25) is 0 Å². The highest BCUT2D eigenvalue weighted by atomic mass is 15.2. The van der Waals surface area contributed by atoms with Crippen molar-refractivity contribution in [2.24, 2.45) is 0 Å². The van der Waals surface area contributed by atoms with Crippen LogP contribution in [0.2, 0.25) is 0 Å². The molecule has 4 nitrogen and oxygen atoms in total. The first-order chi connectivity index (χ1) is 21.2. The second kappa shape index (κ2) is 11.0. The topological polar surface area (TPSA) is 54.1 Å². The van der Waals surface area contributed by atoms with Gasteiger partial charge in [-0.1, -0.05) is 68.8 Å². The van der Waals surface area contributed by atoms with Gasteiger partial charge in [0.05, 0.1) is 17.7 Å². The molecule has 0 fully saturated rings. The maximum Gasteiger partial charge on any atom is 0.0992 e. The van der Waals surface area contributed by atoms with E-state index in [1.807, 2.05) is 12.1 Å². The third-order valence-corrected chi connectivity index (χ3v) is 9.20. The third-order valence-electron chi connectivity index (χ3n) is 9.20. The Hall–Kier alpha value is -5.06. The number of rotatable bonds is 7. The van der Waals surface area contributed by atoms with Crippen LogP contribution in [0.4, 0.5) is 22.7 Å². The van der Waals surface area contributed by atoms with Crippen LogP contribution in [-0.2, 0) is 19.3 Å². The SMILES string of the molecule is CCC/C(C#N)=C(\CC)N(c1ccccc1)c1ccc2ccc3c(N4CCc5ccc(C#N)cc54)ccc4c3c2c1CC4. The molecule has 0 atom stereocenters. The highest BCUT2D eigenvalue weighted by Crippen LogP contribution is 2.47. The lowest BCUT2D eigenvalue weighted by Gasteiger charge is -2.33. The molecule has 2 aliphatic rings. The Balaban J connectivity index is 1.48. The van der Waals surface area contributed by atoms with Crippen LogP contribution in [0.5, 0.6) is 0 Å². The van der Waals surface area contributed by atoms with Crippen molar-refractivity contribution in [1.29, 1.82) is 10.5 Å². The van der Waals surface area contributed by atoms with Gasteiger partial charge in [-0.05, 0) is 101 Å². The van der Waals surface area contributed by atoms with Gasteiger partial charge in [0, 0.05) is 46.0 Å². The number of allylic oxidation sites excluding steroid dienone is 2. The number of fused-ring (bicyclic) bond motifs is 1. The van der Waals surface area contributed by atoms with Crippen LogP contribution >= 0.6 is 0 Å². The molecule has 0 saturated carbocycles. The molecule has 5 aromatic rings. The van der Waals surface area contributed by atoms with Crippen LogP contribution < -0.4 is 9.80 Å². The van der Waals surface area contributed by atoms with Crippen LogP contribution in [0.15, 0.2) is 96.2 Å². The molecule has 0 amide bonds. The number of nitriles is 2. The first-order valence-electron chi connectivity index (χ1n) is 15.4. The van der Waals surface area contributed by atoms with Crippen molar-refractivity contribution in [2.45, 2.75) is 52.4 Å². The summed E-state index contributed by atoms with van der Waals surface area (Å²) in [4.78, 5) is 4.76. The van der Waals surface area contributed by atoms with Crippen molar-refractivity contribution in [2.75, 3.05) is 16.3 Å². The number of hydrogen-bond donors (Lipinski definition) is 0. The average Bonchev–Trinajstić information content (AvgIpc) is 3.48. The monoisotopic (exact) mass is 558 g/mol. The Labute approximate surface area is 253 Å². The smallest absolute Gasteiger partial charge is 0.0992 e. The Morgan fingerprint density at radius 1 is 0.814 bits per heavy atom. The lowest BCUT2D eigenvalue weighted by molar-refractivity contribution is 0.878. The van der Waals surface area contributed by atoms with E-state index in [1.54, 1.807) is 0 Å². The second-order valence-electron chi connectivity index (χ2n) is 11.6. The van der Waals surface area contributed by atoms with E-state index >= 15 is 0 Å². The number of benzene rings is 5. The van der Waals surface area contributed by atoms with Gasteiger partial charge in [0.1, 0.15) is 0 Å². The first-order valence-corrected chi connectivity index (χ1v) is 15.4. The van der Waals surface area contributed by atoms with Gasteiger partial charge >= 0.3 is 0 Å². The normalized spacial score (nSPS) is 14.0. The Morgan fingerprint density at radius 3 is 2.40 bits per heavy atom. The molecule has 0 radical (unpaired) electrons. The highest BCUT2D eigenvalue weighted by molar-refractivity contribution is 6.17. The molecule has 210 valence electrons. The summed E-state index contributed by atoms with van der Waals surface area (Å²) >= 11 is 0. The van der Waals surface area contributed by atoms with E-state index in [1.165, 1.54) is 49.6 Å². The standard InChI is InChI=1S/C39H34N4/c1-3-8-30(25-41)34(4-2)43(31-9-6-5-7-10-31)36-20-16-29-13-17-32-35(19-15-28-14-18-33(36)39(29)38(28)32)42-22-21-27-12-11-26(24-40)23-37(27)42/h5-7,9-13,15-17,19-20,23H,3-4,8,14,18,21-22H2,1-2H3/b34-30-. The lowest BCUT2D eigenvalue weighted by Crippen LogP contribution is -2.20. The van der Waals surface area contributed by atoms with Crippen LogP contribution in [0, 0.1) is 22.7 Å². The minimum atomic E-state index is 0.700. The summed E-state index contributed by atoms with van der Waals surface area (Å²) in [5.41, 5.74) is 11.3. The van der Waals surface area contributed by atoms with E-state index in [0.29, 0.717) is 5.56 Å². The molecule has 1 heterocycles. The number of anilines is 4. The quantitative estimate of drug-likeness (QED) is 0.147. The molecule has 0 aromatic heterocycles. The number of nitrogens with zero attached hydrogens (tertiary/aromatic N) is 4. The zero-order chi connectivity index (χ0) is 29.5. The molecule has 1 aliphatic heterocycles. The van der Waals surface area contributed by atoms with Crippen molar-refractivity contribution in [3.05, 3.63) is 118 Å². The molecule has 0 unspecified atom stereocenters. The van der Waals surface area contributed by atoms with Crippen LogP contribution in [0.3, 0.4) is 0 Å². The summed E-state index contributed by atoms with van der Waals surface area (Å²) in [6.45, 7) is 5.21. The molecule has 4 heteroatoms. The minimum Gasteiger partial charge on any atom is -0.340 e. The lowest BCUT2D eigenvalue weighted by atomic mass is 9.84. The van der Waals surface area contributed by atoms with E-state index in [0.717, 1.165) is 67.7 Å². The fourth-order valence-corrected chi connectivity index (χ4v) is 7.28. The summed E-state index contributed by atoms with van der Waals surface area (Å²) in [6, 6.07) is 35.2. The number of para-hydroxylation sites is 1. The zero-order valence-electron chi connectivity index (χ0n) is 24.8. The van der Waals surface area contributed by atoms with Gasteiger partial charge in [-0.2, -0.15) is 10.5 Å². The van der Waals surface area contributed by atoms with Crippen molar-refractivity contribution in [1.82, 2.24) is 0 Å². The Morgan fingerprint density at radius 2 is 1.63 bits per heavy atom. The minimum absolute atomic E-state index is 0.700. The van der Waals surface area contributed by atoms with E-state index in [2.05, 4.69) is 109 Å². The van der Waals surface area contributed by atoms with Gasteiger partial charge in [0.25, 0.3) is 0 Å². The maximum absolute atomic E-state index is 10.2. The molecular formula is C39H34N4. The fraction of sp³-hybridized carbons (Fsp3) is 0.231. The summed E-state index contributed by atoms with van der Waals surface area (Å²) < 4.78 is 0. The molecule has 7 rings (SSSR count). The molecule has 0 spiro atoms. The van der Waals surface area contributed by atoms with Gasteiger partial charge in [0.15, 0.2) is 0 Å². The van der Waals surface area contributed by atoms with Crippen LogP contribution in [-0.4, -0.2) is 6.54 Å². The third kappa shape index (κ3) is 4.34. The van der Waals surface area contributed by atoms with Crippen molar-refractivity contribution in [3.63, 3.8) is 0 Å². The molecular weight excluding hydrogens is 524 g/mol. The number of hydrogen-bond acceptors (Lipinski definition) is 4. The summed E-state index contributed by atoms with van der Waals surface area (Å²) in [6.07, 6.45) is 5.39. The predicted octanol–water partition coefficient (Wildman–Crippen LogP) is 9.78. The molecule has 43 heavy (non-hydrogen) atoms. The molecule has 5 aromatic carbocycles. The maximum atomic E-state index is 10.2. The number of aryl methyl sites for hydroxylation is 2. The van der Waals surface area contributed by atoms with Crippen LogP contribution in [0.25, 0.3) is 21.5 Å². The zero-order valence-corrected chi connectivity index (χ0v) is 24.8. The van der Waals surface area contributed by atoms with E-state index in [4.69, 9.17) is 0 Å². The van der Waals surface area contributed by atoms with Crippen LogP contribution in [0.1, 0.15) is 55.4 Å². The van der Waals surface area contributed by atoms with Gasteiger partial charge in [-0.25, -0.2) is 0 Å². The molecule has 0 N–H and O–H groups in total. The highest BCUT2D eigenvalue weighted by Gasteiger charge is 2.28. The summed E-state index contributed by atoms with van der Waals surface area (Å²) in [5, 5.41) is 25.0. The Kier molecular flexibility index (Phi) is 6.84. The summed E-state index contributed by atoms with van der Waals surface area (Å²) in [5.74, 6) is 0. The molecule has 0 bridgehead atoms. The average molecular weight is 559 g/mol. The van der Waals surface area contributed by atoms with Crippen molar-refractivity contribution < 1.29 is 0 Å². The predicted molar refractivity (Wildman–Crippen MR) is 177 cm³/mol. The fourth-order valence-electron chi connectivity index (χ4n) is 7.28. The molecule has 0 saturated heterocycles. The summed E-state index contributed by atoms with van der Waals surface area (Å²) in [7, 11) is 0. The van der Waals surface area contributed by atoms with Gasteiger partial charge < -0.3 is 9.80 Å². The van der Waals surface area contributed by atoms with Gasteiger partial charge in [-0.15, -0.1) is 0 Å². The molecule has 1 aliphatic carbocycles. The van der Waals surface area contributed by atoms with Crippen molar-refractivity contribution in [3.8, 4) is 12.1 Å². The van der Waals surface area contributed by atoms with Crippen molar-refractivity contribution >= 4 is 44.3 Å². The van der Waals surface area contributed by atoms with Gasteiger partial charge in [0.2, 0.25) is 0 Å². The van der Waals surface area contributed by atoms with E-state index < -0.39 is 0 Å². The second-order valence-corrected chi connectivity index (χ2v) is 11.6. The largest absolute Gasteiger partial charge is 0.340 e. The van der Waals surface area contributed by atoms with E-state index in [9.17, 15) is 10.5 Å².